The molecule has 0 saturated carbocycles. The van der Waals surface area contributed by atoms with Gasteiger partial charge in [-0.25, -0.2) is 13.8 Å². The molecule has 204 valence electrons. The van der Waals surface area contributed by atoms with Crippen LogP contribution < -0.4 is 20.9 Å². The maximum Gasteiger partial charge on any atom is 0.459 e. The summed E-state index contributed by atoms with van der Waals surface area (Å²) >= 11 is 6.11. The fourth-order valence-electron chi connectivity index (χ4n) is 3.50. The summed E-state index contributed by atoms with van der Waals surface area (Å²) in [5.74, 6) is -0.780. The zero-order chi connectivity index (χ0) is 27.5. The van der Waals surface area contributed by atoms with Gasteiger partial charge in [-0.3, -0.25) is 23.7 Å². The van der Waals surface area contributed by atoms with Crippen LogP contribution in [-0.4, -0.2) is 57.3 Å². The third-order valence-electron chi connectivity index (χ3n) is 5.34. The summed E-state index contributed by atoms with van der Waals surface area (Å²) in [5, 5.41) is 13.1. The average molecular weight is 564 g/mol. The summed E-state index contributed by atoms with van der Waals surface area (Å²) in [5.41, 5.74) is -4.16. The molecule has 12 nitrogen and oxygen atoms in total. The van der Waals surface area contributed by atoms with Crippen LogP contribution in [-0.2, 0) is 23.4 Å². The van der Waals surface area contributed by atoms with Crippen molar-refractivity contribution in [2.75, 3.05) is 6.61 Å². The van der Waals surface area contributed by atoms with E-state index in [9.17, 15) is 24.1 Å². The number of hydrogen-bond acceptors (Lipinski definition) is 9. The van der Waals surface area contributed by atoms with Crippen molar-refractivity contribution in [2.45, 2.75) is 63.9 Å². The predicted octanol–water partition coefficient (Wildman–Crippen LogP) is 2.31. The lowest BCUT2D eigenvalue weighted by atomic mass is 9.98. The minimum atomic E-state index is -4.42. The number of aromatic amines is 1. The van der Waals surface area contributed by atoms with Crippen LogP contribution in [0.2, 0.25) is 5.02 Å². The topological polar surface area (TPSA) is 158 Å². The number of halogens is 2. The second kappa shape index (κ2) is 11.5. The molecule has 3 N–H and O–H groups in total. The van der Waals surface area contributed by atoms with E-state index in [1.54, 1.807) is 26.0 Å². The first-order chi connectivity index (χ1) is 17.2. The molecule has 0 amide bonds. The second-order valence-corrected chi connectivity index (χ2v) is 10.9. The van der Waals surface area contributed by atoms with Crippen molar-refractivity contribution in [3.05, 3.63) is 62.4 Å². The molecular weight excluding hydrogens is 536 g/mol. The molecule has 0 bridgehead atoms. The summed E-state index contributed by atoms with van der Waals surface area (Å²) in [4.78, 5) is 37.8. The van der Waals surface area contributed by atoms with E-state index in [4.69, 9.17) is 30.1 Å². The Morgan fingerprint density at radius 2 is 2.00 bits per heavy atom. The smallest absolute Gasteiger partial charge is 0.459 e. The van der Waals surface area contributed by atoms with Crippen LogP contribution in [0.4, 0.5) is 4.39 Å². The van der Waals surface area contributed by atoms with Crippen LogP contribution in [0.15, 0.2) is 46.1 Å². The number of nitrogens with one attached hydrogen (secondary N) is 2. The summed E-state index contributed by atoms with van der Waals surface area (Å²) < 4.78 is 51.5. The Balaban J connectivity index is 1.83. The largest absolute Gasteiger partial charge is 0.462 e. The van der Waals surface area contributed by atoms with Crippen molar-refractivity contribution in [2.24, 2.45) is 0 Å². The van der Waals surface area contributed by atoms with Crippen molar-refractivity contribution in [1.82, 2.24) is 14.6 Å². The molecule has 6 atom stereocenters. The Hall–Kier alpha value is -2.54. The van der Waals surface area contributed by atoms with Crippen LogP contribution in [0.3, 0.4) is 0 Å². The fraction of sp³-hybridized carbons (Fsp3) is 0.500. The molecule has 1 aromatic heterocycles. The highest BCUT2D eigenvalue weighted by Gasteiger charge is 2.56. The molecule has 0 spiro atoms. The number of rotatable bonds is 10. The van der Waals surface area contributed by atoms with Crippen molar-refractivity contribution < 1.29 is 37.4 Å². The zero-order valence-electron chi connectivity index (χ0n) is 20.4. The van der Waals surface area contributed by atoms with Crippen LogP contribution in [0, 0.1) is 0 Å². The molecule has 0 aliphatic carbocycles. The Morgan fingerprint density at radius 1 is 1.32 bits per heavy atom. The maximum absolute atomic E-state index is 15.5. The number of nitrogens with zero attached hydrogens (tertiary/aromatic N) is 1. The Bertz CT molecular complexity index is 1280. The van der Waals surface area contributed by atoms with Gasteiger partial charge in [-0.15, -0.1) is 0 Å². The van der Waals surface area contributed by atoms with Gasteiger partial charge in [-0.05, 0) is 39.8 Å². The number of esters is 1. The molecule has 2 aromatic rings. The van der Waals surface area contributed by atoms with Crippen LogP contribution in [0.1, 0.15) is 33.9 Å². The first-order valence-electron chi connectivity index (χ1n) is 11.2. The lowest BCUT2D eigenvalue weighted by Crippen LogP contribution is -2.43. The van der Waals surface area contributed by atoms with Crippen LogP contribution >= 0.6 is 19.3 Å². The molecule has 1 aromatic carbocycles. The molecule has 0 radical (unpaired) electrons. The van der Waals surface area contributed by atoms with Crippen molar-refractivity contribution in [3.8, 4) is 5.75 Å². The first kappa shape index (κ1) is 29.0. The van der Waals surface area contributed by atoms with Crippen LogP contribution in [0.5, 0.6) is 5.75 Å². The van der Waals surface area contributed by atoms with Gasteiger partial charge in [-0.2, -0.15) is 5.09 Å². The van der Waals surface area contributed by atoms with E-state index in [-0.39, 0.29) is 10.8 Å². The number of carbonyl (C=O) groups excluding carboxylic acids is 1. The lowest BCUT2D eigenvalue weighted by Gasteiger charge is -2.25. The quantitative estimate of drug-likeness (QED) is 0.289. The summed E-state index contributed by atoms with van der Waals surface area (Å²) in [6.07, 6.45) is -4.33. The monoisotopic (exact) mass is 563 g/mol. The van der Waals surface area contributed by atoms with Crippen molar-refractivity contribution in [1.29, 1.82) is 0 Å². The number of alkyl halides is 1. The van der Waals surface area contributed by atoms with E-state index in [2.05, 4.69) is 5.09 Å². The Kier molecular flexibility index (Phi) is 8.99. The van der Waals surface area contributed by atoms with Gasteiger partial charge in [0.2, 0.25) is 0 Å². The Labute approximate surface area is 216 Å². The standard InChI is InChI=1S/C22H28ClFN3O9P/c1-12(2)34-19(30)13(3)26-37(32,36-15-8-6-5-7-14(15)23)33-11-16-18(29)22(4,24)20(35-16)27-10-9-17(28)25-21(27)31/h5-10,12-13,16,18,20,29H,11H2,1-4H3,(H,26,32)(H,25,28,31)/t13-,16+,18+,20+,22?,37?/m0/s1. The van der Waals surface area contributed by atoms with Gasteiger partial charge >= 0.3 is 19.4 Å². The number of aliphatic hydroxyl groups excluding tert-OH is 1. The molecule has 37 heavy (non-hydrogen) atoms. The van der Waals surface area contributed by atoms with Gasteiger partial charge in [0.1, 0.15) is 24.0 Å². The van der Waals surface area contributed by atoms with Gasteiger partial charge in [-0.1, -0.05) is 23.7 Å². The van der Waals surface area contributed by atoms with Crippen molar-refractivity contribution in [3.63, 3.8) is 0 Å². The Morgan fingerprint density at radius 3 is 2.62 bits per heavy atom. The minimum Gasteiger partial charge on any atom is -0.462 e. The van der Waals surface area contributed by atoms with Crippen LogP contribution in [0.25, 0.3) is 0 Å². The zero-order valence-corrected chi connectivity index (χ0v) is 22.1. The third kappa shape index (κ3) is 6.86. The van der Waals surface area contributed by atoms with Gasteiger partial charge in [0.15, 0.2) is 11.9 Å². The van der Waals surface area contributed by atoms with Gasteiger partial charge in [0, 0.05) is 12.3 Å². The maximum atomic E-state index is 15.5. The fourth-order valence-corrected chi connectivity index (χ4v) is 5.25. The number of H-pyrrole nitrogens is 1. The molecule has 15 heteroatoms. The molecule has 1 saturated heterocycles. The number of hydrogen-bond donors (Lipinski definition) is 3. The van der Waals surface area contributed by atoms with E-state index in [0.717, 1.165) is 23.8 Å². The number of ether oxygens (including phenoxy) is 2. The lowest BCUT2D eigenvalue weighted by molar-refractivity contribution is -0.149. The van der Waals surface area contributed by atoms with E-state index in [1.807, 2.05) is 4.98 Å². The van der Waals surface area contributed by atoms with Crippen molar-refractivity contribution >= 4 is 25.3 Å². The van der Waals surface area contributed by atoms with E-state index in [0.29, 0.717) is 0 Å². The summed E-state index contributed by atoms with van der Waals surface area (Å²) in [6, 6.07) is 5.89. The minimum absolute atomic E-state index is 0.0367. The molecular formula is C22H28ClFN3O9P. The highest BCUT2D eigenvalue weighted by Crippen LogP contribution is 2.48. The molecule has 3 rings (SSSR count). The molecule has 1 fully saturated rings. The van der Waals surface area contributed by atoms with Gasteiger partial charge < -0.3 is 19.1 Å². The van der Waals surface area contributed by atoms with Gasteiger partial charge in [0.25, 0.3) is 5.56 Å². The predicted molar refractivity (Wildman–Crippen MR) is 130 cm³/mol. The third-order valence-corrected chi connectivity index (χ3v) is 7.28. The van der Waals surface area contributed by atoms with E-state index in [1.165, 1.54) is 19.1 Å². The SMILES string of the molecule is CC(C)OC(=O)[C@H](C)NP(=O)(OC[C@H]1O[C@@H](n2ccc(=O)[nH]c2=O)C(C)(F)[C@@H]1O)Oc1ccccc1Cl. The normalized spacial score (nSPS) is 26.0. The number of para-hydroxylation sites is 1. The highest BCUT2D eigenvalue weighted by molar-refractivity contribution is 7.52. The number of aromatic nitrogens is 2. The second-order valence-electron chi connectivity index (χ2n) is 8.79. The van der Waals surface area contributed by atoms with E-state index >= 15 is 4.39 Å². The van der Waals surface area contributed by atoms with Gasteiger partial charge in [0.05, 0.1) is 17.7 Å². The molecule has 2 heterocycles. The summed E-state index contributed by atoms with van der Waals surface area (Å²) in [7, 11) is -4.42. The average Bonchev–Trinajstić information content (AvgIpc) is 3.02. The highest BCUT2D eigenvalue weighted by atomic mass is 35.5. The molecule has 2 unspecified atom stereocenters. The number of benzene rings is 1. The van der Waals surface area contributed by atoms with E-state index < -0.39 is 67.8 Å². The molecule has 1 aliphatic rings. The first-order valence-corrected chi connectivity index (χ1v) is 13.2. The summed E-state index contributed by atoms with van der Waals surface area (Å²) in [6.45, 7) is 4.96. The molecule has 1 aliphatic heterocycles. The number of carbonyl (C=O) groups is 1. The number of aliphatic hydroxyl groups is 1.